The van der Waals surface area contributed by atoms with Crippen molar-refractivity contribution in [1.29, 1.82) is 0 Å². The summed E-state index contributed by atoms with van der Waals surface area (Å²) in [6, 6.07) is 5.21. The molecule has 1 aromatic carbocycles. The van der Waals surface area contributed by atoms with E-state index in [-0.39, 0.29) is 30.0 Å². The Bertz CT molecular complexity index is 840. The summed E-state index contributed by atoms with van der Waals surface area (Å²) in [6.45, 7) is 3.76. The highest BCUT2D eigenvalue weighted by atomic mass is 16.6. The van der Waals surface area contributed by atoms with Crippen molar-refractivity contribution in [2.24, 2.45) is 0 Å². The molecule has 2 amide bonds. The van der Waals surface area contributed by atoms with E-state index in [0.717, 1.165) is 25.7 Å². The molecule has 168 valence electrons. The van der Waals surface area contributed by atoms with Gasteiger partial charge in [0.25, 0.3) is 5.91 Å². The van der Waals surface area contributed by atoms with Gasteiger partial charge in [-0.3, -0.25) is 9.59 Å². The SMILES string of the molecule is CCOC(=O)N1CCN(C(=O)COc2ccc3c(c2)C(=O)CC2(CCCCC2)O3)CC1. The van der Waals surface area contributed by atoms with Crippen molar-refractivity contribution >= 4 is 17.8 Å². The number of amides is 2. The van der Waals surface area contributed by atoms with Crippen molar-refractivity contribution in [2.45, 2.75) is 51.0 Å². The van der Waals surface area contributed by atoms with Gasteiger partial charge < -0.3 is 24.0 Å². The summed E-state index contributed by atoms with van der Waals surface area (Å²) >= 11 is 0. The first-order chi connectivity index (χ1) is 15.0. The van der Waals surface area contributed by atoms with Crippen molar-refractivity contribution in [2.75, 3.05) is 39.4 Å². The van der Waals surface area contributed by atoms with E-state index in [2.05, 4.69) is 0 Å². The number of ether oxygens (including phenoxy) is 3. The molecular weight excluding hydrogens is 400 g/mol. The molecule has 1 spiro atoms. The average molecular weight is 431 g/mol. The van der Waals surface area contributed by atoms with Gasteiger partial charge in [-0.25, -0.2) is 4.79 Å². The molecule has 4 rings (SSSR count). The highest BCUT2D eigenvalue weighted by Crippen LogP contribution is 2.42. The van der Waals surface area contributed by atoms with Crippen LogP contribution in [0.3, 0.4) is 0 Å². The van der Waals surface area contributed by atoms with E-state index in [1.54, 1.807) is 34.9 Å². The van der Waals surface area contributed by atoms with Crippen molar-refractivity contribution < 1.29 is 28.6 Å². The van der Waals surface area contributed by atoms with Crippen LogP contribution in [0.5, 0.6) is 11.5 Å². The van der Waals surface area contributed by atoms with E-state index in [9.17, 15) is 14.4 Å². The largest absolute Gasteiger partial charge is 0.486 e. The molecule has 1 aliphatic carbocycles. The maximum atomic E-state index is 12.8. The fraction of sp³-hybridized carbons (Fsp3) is 0.609. The third-order valence-corrected chi connectivity index (χ3v) is 6.35. The van der Waals surface area contributed by atoms with Crippen LogP contribution in [0.2, 0.25) is 0 Å². The number of ketones is 1. The Hall–Kier alpha value is -2.77. The highest BCUT2D eigenvalue weighted by Gasteiger charge is 2.41. The maximum absolute atomic E-state index is 12.8. The van der Waals surface area contributed by atoms with Crippen LogP contribution in [-0.2, 0) is 9.53 Å². The molecule has 0 atom stereocenters. The number of benzene rings is 1. The zero-order chi connectivity index (χ0) is 21.8. The monoisotopic (exact) mass is 430 g/mol. The van der Waals surface area contributed by atoms with E-state index in [1.807, 2.05) is 0 Å². The van der Waals surface area contributed by atoms with Crippen LogP contribution in [-0.4, -0.2) is 72.6 Å². The predicted molar refractivity (Wildman–Crippen MR) is 113 cm³/mol. The minimum Gasteiger partial charge on any atom is -0.486 e. The number of nitrogens with zero attached hydrogens (tertiary/aromatic N) is 2. The number of carbonyl (C=O) groups is 3. The minimum absolute atomic E-state index is 0.0787. The fourth-order valence-electron chi connectivity index (χ4n) is 4.63. The van der Waals surface area contributed by atoms with Gasteiger partial charge in [0.1, 0.15) is 17.1 Å². The van der Waals surface area contributed by atoms with E-state index in [0.29, 0.717) is 56.3 Å². The Morgan fingerprint density at radius 3 is 2.48 bits per heavy atom. The molecule has 0 aromatic heterocycles. The highest BCUT2D eigenvalue weighted by molar-refractivity contribution is 6.00. The van der Waals surface area contributed by atoms with Gasteiger partial charge in [0.2, 0.25) is 0 Å². The molecule has 2 fully saturated rings. The van der Waals surface area contributed by atoms with E-state index < -0.39 is 0 Å². The van der Waals surface area contributed by atoms with Crippen LogP contribution >= 0.6 is 0 Å². The van der Waals surface area contributed by atoms with Gasteiger partial charge in [-0.1, -0.05) is 6.42 Å². The molecular formula is C23H30N2O6. The number of carbonyl (C=O) groups excluding carboxylic acids is 3. The summed E-state index contributed by atoms with van der Waals surface area (Å²) < 4.78 is 16.9. The summed E-state index contributed by atoms with van der Waals surface area (Å²) in [4.78, 5) is 40.3. The zero-order valence-corrected chi connectivity index (χ0v) is 18.1. The maximum Gasteiger partial charge on any atom is 0.409 e. The van der Waals surface area contributed by atoms with Crippen molar-refractivity contribution in [3.63, 3.8) is 0 Å². The molecule has 2 heterocycles. The molecule has 2 aliphatic heterocycles. The summed E-state index contributed by atoms with van der Waals surface area (Å²) in [5, 5.41) is 0. The van der Waals surface area contributed by atoms with Gasteiger partial charge in [0.15, 0.2) is 12.4 Å². The van der Waals surface area contributed by atoms with E-state index in [4.69, 9.17) is 14.2 Å². The molecule has 3 aliphatic rings. The lowest BCUT2D eigenvalue weighted by molar-refractivity contribution is -0.134. The Labute approximate surface area is 182 Å². The molecule has 31 heavy (non-hydrogen) atoms. The second-order valence-corrected chi connectivity index (χ2v) is 8.46. The van der Waals surface area contributed by atoms with E-state index in [1.165, 1.54) is 6.42 Å². The summed E-state index contributed by atoms with van der Waals surface area (Å²) in [6.07, 6.45) is 5.31. The average Bonchev–Trinajstić information content (AvgIpc) is 2.78. The Morgan fingerprint density at radius 1 is 1.06 bits per heavy atom. The fourth-order valence-corrected chi connectivity index (χ4v) is 4.63. The standard InChI is InChI=1S/C23H30N2O6/c1-2-29-22(28)25-12-10-24(11-13-25)21(27)16-30-17-6-7-20-18(14-17)19(26)15-23(31-20)8-4-3-5-9-23/h6-7,14H,2-5,8-13,15-16H2,1H3. The zero-order valence-electron chi connectivity index (χ0n) is 18.1. The van der Waals surface area contributed by atoms with Gasteiger partial charge >= 0.3 is 6.09 Å². The molecule has 0 N–H and O–H groups in total. The summed E-state index contributed by atoms with van der Waals surface area (Å²) in [5.41, 5.74) is 0.191. The first kappa shape index (κ1) is 21.5. The topological polar surface area (TPSA) is 85.4 Å². The number of fused-ring (bicyclic) bond motifs is 1. The Kier molecular flexibility index (Phi) is 6.34. The van der Waals surface area contributed by atoms with Gasteiger partial charge in [-0.05, 0) is 50.8 Å². The first-order valence-corrected chi connectivity index (χ1v) is 11.2. The van der Waals surface area contributed by atoms with Gasteiger partial charge in [-0.2, -0.15) is 0 Å². The molecule has 0 radical (unpaired) electrons. The van der Waals surface area contributed by atoms with Crippen molar-refractivity contribution in [3.05, 3.63) is 23.8 Å². The van der Waals surface area contributed by atoms with Crippen LogP contribution < -0.4 is 9.47 Å². The lowest BCUT2D eigenvalue weighted by Crippen LogP contribution is -2.51. The summed E-state index contributed by atoms with van der Waals surface area (Å²) in [5.74, 6) is 1.03. The first-order valence-electron chi connectivity index (χ1n) is 11.2. The van der Waals surface area contributed by atoms with Gasteiger partial charge in [0.05, 0.1) is 18.6 Å². The quantitative estimate of drug-likeness (QED) is 0.730. The number of piperazine rings is 1. The lowest BCUT2D eigenvalue weighted by atomic mass is 9.78. The molecule has 8 heteroatoms. The van der Waals surface area contributed by atoms with Crippen molar-refractivity contribution in [3.8, 4) is 11.5 Å². The van der Waals surface area contributed by atoms with Gasteiger partial charge in [-0.15, -0.1) is 0 Å². The molecule has 0 unspecified atom stereocenters. The second-order valence-electron chi connectivity index (χ2n) is 8.46. The summed E-state index contributed by atoms with van der Waals surface area (Å²) in [7, 11) is 0. The predicted octanol–water partition coefficient (Wildman–Crippen LogP) is 3.03. The Balaban J connectivity index is 1.31. The normalized spacial score (nSPS) is 20.1. The molecule has 8 nitrogen and oxygen atoms in total. The number of hydrogen-bond donors (Lipinski definition) is 0. The third-order valence-electron chi connectivity index (χ3n) is 6.35. The van der Waals surface area contributed by atoms with Gasteiger partial charge in [0, 0.05) is 26.2 Å². The molecule has 1 saturated heterocycles. The Morgan fingerprint density at radius 2 is 1.77 bits per heavy atom. The number of hydrogen-bond acceptors (Lipinski definition) is 6. The van der Waals surface area contributed by atoms with Crippen LogP contribution in [0.15, 0.2) is 18.2 Å². The van der Waals surface area contributed by atoms with E-state index >= 15 is 0 Å². The number of rotatable bonds is 4. The van der Waals surface area contributed by atoms with Crippen LogP contribution in [0, 0.1) is 0 Å². The second kappa shape index (κ2) is 9.16. The third kappa shape index (κ3) is 4.78. The lowest BCUT2D eigenvalue weighted by Gasteiger charge is -2.40. The van der Waals surface area contributed by atoms with Crippen LogP contribution in [0.4, 0.5) is 4.79 Å². The minimum atomic E-state index is -0.346. The molecule has 1 saturated carbocycles. The van der Waals surface area contributed by atoms with Crippen LogP contribution in [0.25, 0.3) is 0 Å². The van der Waals surface area contributed by atoms with Crippen molar-refractivity contribution in [1.82, 2.24) is 9.80 Å². The van der Waals surface area contributed by atoms with Crippen LogP contribution in [0.1, 0.15) is 55.8 Å². The smallest absolute Gasteiger partial charge is 0.409 e. The number of Topliss-reactive ketones (excluding diaryl/α,β-unsaturated/α-hetero) is 1. The molecule has 0 bridgehead atoms. The molecule has 1 aromatic rings.